The highest BCUT2D eigenvalue weighted by Gasteiger charge is 2.02. The van der Waals surface area contributed by atoms with Crippen molar-refractivity contribution in [3.63, 3.8) is 0 Å². The Hall–Kier alpha value is -0.860. The molecule has 1 N–H and O–H groups in total. The van der Waals surface area contributed by atoms with Crippen molar-refractivity contribution >= 4 is 11.8 Å². The third-order valence-electron chi connectivity index (χ3n) is 5.66. The second-order valence-corrected chi connectivity index (χ2v) is 8.55. The Balaban J connectivity index is 3.16. The minimum atomic E-state index is -0.678. The molecule has 166 valence electrons. The van der Waals surface area contributed by atoms with Gasteiger partial charge in [0.25, 0.3) is 0 Å². The molecule has 0 bridgehead atoms. The topological polar surface area (TPSA) is 54.4 Å². The molecule has 28 heavy (non-hydrogen) atoms. The molecule has 3 nitrogen and oxygen atoms in total. The van der Waals surface area contributed by atoms with Crippen LogP contribution in [-0.2, 0) is 9.59 Å². The molecule has 0 aliphatic heterocycles. The molecule has 3 heteroatoms. The molecule has 0 rings (SSSR count). The quantitative estimate of drug-likeness (QED) is 0.177. The van der Waals surface area contributed by atoms with Crippen LogP contribution < -0.4 is 0 Å². The van der Waals surface area contributed by atoms with Crippen molar-refractivity contribution in [2.24, 2.45) is 0 Å². The molecule has 0 aromatic carbocycles. The number of ketones is 1. The zero-order valence-electron chi connectivity index (χ0n) is 18.8. The van der Waals surface area contributed by atoms with Gasteiger partial charge in [-0.3, -0.25) is 9.59 Å². The Morgan fingerprint density at radius 1 is 0.464 bits per heavy atom. The fraction of sp³-hybridized carbons (Fsp3) is 0.920. The predicted octanol–water partition coefficient (Wildman–Crippen LogP) is 8.24. The lowest BCUT2D eigenvalue weighted by Crippen LogP contribution is -1.97. The summed E-state index contributed by atoms with van der Waals surface area (Å²) in [4.78, 5) is 22.3. The van der Waals surface area contributed by atoms with Gasteiger partial charge < -0.3 is 5.11 Å². The molecule has 0 aromatic heterocycles. The van der Waals surface area contributed by atoms with Crippen molar-refractivity contribution < 1.29 is 14.7 Å². The minimum absolute atomic E-state index is 0.313. The monoisotopic (exact) mass is 396 g/mol. The van der Waals surface area contributed by atoms with Crippen LogP contribution in [-0.4, -0.2) is 16.9 Å². The number of hydrogen-bond acceptors (Lipinski definition) is 2. The number of hydrogen-bond donors (Lipinski definition) is 1. The molecule has 0 saturated heterocycles. The second kappa shape index (κ2) is 22.4. The molecule has 0 radical (unpaired) electrons. The van der Waals surface area contributed by atoms with Crippen molar-refractivity contribution in [2.45, 2.75) is 148 Å². The number of carbonyl (C=O) groups excluding carboxylic acids is 1. The smallest absolute Gasteiger partial charge is 0.303 e. The van der Waals surface area contributed by atoms with Crippen LogP contribution >= 0.6 is 0 Å². The van der Waals surface area contributed by atoms with E-state index in [-0.39, 0.29) is 0 Å². The lowest BCUT2D eigenvalue weighted by molar-refractivity contribution is -0.137. The van der Waals surface area contributed by atoms with E-state index < -0.39 is 5.97 Å². The highest BCUT2D eigenvalue weighted by Crippen LogP contribution is 2.14. The third-order valence-corrected chi connectivity index (χ3v) is 5.66. The van der Waals surface area contributed by atoms with Crippen LogP contribution in [0.1, 0.15) is 148 Å². The summed E-state index contributed by atoms with van der Waals surface area (Å²) in [5.74, 6) is -0.208. The first-order valence-corrected chi connectivity index (χ1v) is 12.4. The second-order valence-electron chi connectivity index (χ2n) is 8.55. The van der Waals surface area contributed by atoms with E-state index in [1.165, 1.54) is 89.9 Å². The Labute approximate surface area is 175 Å². The minimum Gasteiger partial charge on any atom is -0.481 e. The van der Waals surface area contributed by atoms with E-state index in [4.69, 9.17) is 5.11 Å². The molecule has 0 aromatic rings. The van der Waals surface area contributed by atoms with Gasteiger partial charge in [0.05, 0.1) is 0 Å². The number of unbranched alkanes of at least 4 members (excludes halogenated alkanes) is 17. The van der Waals surface area contributed by atoms with Crippen molar-refractivity contribution in [1.82, 2.24) is 0 Å². The standard InChI is InChI=1S/C25H48O3/c1-2-3-4-5-6-7-9-12-15-18-21-24(26)22-19-16-13-10-8-11-14-17-20-23-25(27)28/h2-23H2,1H3,(H,27,28). The van der Waals surface area contributed by atoms with Gasteiger partial charge in [0.1, 0.15) is 5.78 Å². The van der Waals surface area contributed by atoms with Gasteiger partial charge in [-0.15, -0.1) is 0 Å². The maximum Gasteiger partial charge on any atom is 0.303 e. The zero-order chi connectivity index (χ0) is 20.7. The van der Waals surface area contributed by atoms with Gasteiger partial charge in [-0.25, -0.2) is 0 Å². The van der Waals surface area contributed by atoms with E-state index in [9.17, 15) is 9.59 Å². The number of carbonyl (C=O) groups is 2. The average molecular weight is 397 g/mol. The van der Waals surface area contributed by atoms with E-state index in [0.29, 0.717) is 12.2 Å². The summed E-state index contributed by atoms with van der Waals surface area (Å²) < 4.78 is 0. The molecule has 0 aliphatic carbocycles. The Kier molecular flexibility index (Phi) is 21.7. The number of carboxylic acids is 1. The Morgan fingerprint density at radius 2 is 0.750 bits per heavy atom. The SMILES string of the molecule is CCCCCCCCCCCCC(=O)CCCCCCCCCCCC(=O)O. The summed E-state index contributed by atoms with van der Waals surface area (Å²) in [6.45, 7) is 2.26. The van der Waals surface area contributed by atoms with Gasteiger partial charge in [0, 0.05) is 19.3 Å². The maximum absolute atomic E-state index is 11.9. The Morgan fingerprint density at radius 3 is 1.07 bits per heavy atom. The van der Waals surface area contributed by atoms with Gasteiger partial charge in [-0.2, -0.15) is 0 Å². The average Bonchev–Trinajstić information content (AvgIpc) is 2.67. The molecular formula is C25H48O3. The van der Waals surface area contributed by atoms with Crippen LogP contribution in [0.4, 0.5) is 0 Å². The van der Waals surface area contributed by atoms with E-state index >= 15 is 0 Å². The molecule has 0 unspecified atom stereocenters. The van der Waals surface area contributed by atoms with Crippen LogP contribution in [0.25, 0.3) is 0 Å². The summed E-state index contributed by atoms with van der Waals surface area (Å²) >= 11 is 0. The number of carboxylic acid groups (broad SMARTS) is 1. The maximum atomic E-state index is 11.9. The van der Waals surface area contributed by atoms with Gasteiger partial charge in [-0.05, 0) is 19.3 Å². The molecule has 0 fully saturated rings. The Bertz CT molecular complexity index is 352. The summed E-state index contributed by atoms with van der Waals surface area (Å²) in [7, 11) is 0. The molecule has 0 atom stereocenters. The molecular weight excluding hydrogens is 348 g/mol. The predicted molar refractivity (Wildman–Crippen MR) is 120 cm³/mol. The first-order chi connectivity index (χ1) is 13.7. The molecule has 0 amide bonds. The van der Waals surface area contributed by atoms with E-state index in [0.717, 1.165) is 44.9 Å². The summed E-state index contributed by atoms with van der Waals surface area (Å²) in [5.41, 5.74) is 0. The first kappa shape index (κ1) is 27.1. The van der Waals surface area contributed by atoms with E-state index in [1.807, 2.05) is 0 Å². The molecule has 0 saturated carbocycles. The highest BCUT2D eigenvalue weighted by atomic mass is 16.4. The fourth-order valence-electron chi connectivity index (χ4n) is 3.77. The van der Waals surface area contributed by atoms with Gasteiger partial charge in [0.2, 0.25) is 0 Å². The molecule has 0 spiro atoms. The van der Waals surface area contributed by atoms with Gasteiger partial charge in [-0.1, -0.05) is 110 Å². The normalized spacial score (nSPS) is 11.0. The van der Waals surface area contributed by atoms with Crippen LogP contribution in [0.3, 0.4) is 0 Å². The molecule has 0 heterocycles. The summed E-state index contributed by atoms with van der Waals surface area (Å²) in [6.07, 6.45) is 25.4. The van der Waals surface area contributed by atoms with Crippen LogP contribution in [0.15, 0.2) is 0 Å². The lowest BCUT2D eigenvalue weighted by atomic mass is 10.0. The van der Waals surface area contributed by atoms with Gasteiger partial charge in [0.15, 0.2) is 0 Å². The molecule has 0 aliphatic rings. The van der Waals surface area contributed by atoms with E-state index in [1.54, 1.807) is 0 Å². The summed E-state index contributed by atoms with van der Waals surface area (Å²) in [5, 5.41) is 8.57. The largest absolute Gasteiger partial charge is 0.481 e. The van der Waals surface area contributed by atoms with Crippen molar-refractivity contribution in [2.75, 3.05) is 0 Å². The van der Waals surface area contributed by atoms with Crippen molar-refractivity contribution in [3.8, 4) is 0 Å². The van der Waals surface area contributed by atoms with Gasteiger partial charge >= 0.3 is 5.97 Å². The fourth-order valence-corrected chi connectivity index (χ4v) is 3.77. The van der Waals surface area contributed by atoms with Crippen molar-refractivity contribution in [3.05, 3.63) is 0 Å². The zero-order valence-corrected chi connectivity index (χ0v) is 18.8. The van der Waals surface area contributed by atoms with Crippen LogP contribution in [0, 0.1) is 0 Å². The van der Waals surface area contributed by atoms with Crippen molar-refractivity contribution in [1.29, 1.82) is 0 Å². The van der Waals surface area contributed by atoms with Crippen LogP contribution in [0.5, 0.6) is 0 Å². The highest BCUT2D eigenvalue weighted by molar-refractivity contribution is 5.78. The summed E-state index contributed by atoms with van der Waals surface area (Å²) in [6, 6.07) is 0. The third kappa shape index (κ3) is 23.2. The lowest BCUT2D eigenvalue weighted by Gasteiger charge is -2.04. The first-order valence-electron chi connectivity index (χ1n) is 12.4. The van der Waals surface area contributed by atoms with E-state index in [2.05, 4.69) is 6.92 Å². The number of Topliss-reactive ketones (excluding diaryl/α,β-unsaturated/α-hetero) is 1. The number of rotatable bonds is 23. The number of aliphatic carboxylic acids is 1. The van der Waals surface area contributed by atoms with Crippen LogP contribution in [0.2, 0.25) is 0 Å².